The predicted molar refractivity (Wildman–Crippen MR) is 112 cm³/mol. The fourth-order valence-electron chi connectivity index (χ4n) is 4.77. The Hall–Kier alpha value is -3.19. The lowest BCUT2D eigenvalue weighted by atomic mass is 9.58. The predicted octanol–water partition coefficient (Wildman–Crippen LogP) is 3.84. The summed E-state index contributed by atoms with van der Waals surface area (Å²) in [6.45, 7) is 2.19. The summed E-state index contributed by atoms with van der Waals surface area (Å²) < 4.78 is 13.5. The molecule has 0 atom stereocenters. The number of aliphatic hydroxyl groups is 1. The molecule has 2 heterocycles. The maximum absolute atomic E-state index is 9.51. The zero-order valence-electron chi connectivity index (χ0n) is 17.3. The van der Waals surface area contributed by atoms with Gasteiger partial charge in [-0.3, -0.25) is 0 Å². The summed E-state index contributed by atoms with van der Waals surface area (Å²) in [4.78, 5) is 4.67. The van der Waals surface area contributed by atoms with Crippen molar-refractivity contribution in [3.8, 4) is 17.2 Å². The minimum atomic E-state index is -0.144. The van der Waals surface area contributed by atoms with Gasteiger partial charge in [-0.05, 0) is 54.2 Å². The Morgan fingerprint density at radius 1 is 1.27 bits per heavy atom. The van der Waals surface area contributed by atoms with Crippen molar-refractivity contribution in [1.29, 1.82) is 0 Å². The highest BCUT2D eigenvalue weighted by Crippen LogP contribution is 2.51. The molecule has 0 aliphatic heterocycles. The van der Waals surface area contributed by atoms with Crippen molar-refractivity contribution in [2.75, 3.05) is 7.11 Å². The first-order valence-electron chi connectivity index (χ1n) is 10.1. The van der Waals surface area contributed by atoms with Crippen LogP contribution in [0, 0.1) is 5.92 Å². The van der Waals surface area contributed by atoms with Crippen molar-refractivity contribution < 1.29 is 14.3 Å². The molecule has 1 fully saturated rings. The molecule has 7 nitrogen and oxygen atoms in total. The van der Waals surface area contributed by atoms with Gasteiger partial charge < -0.3 is 18.8 Å². The molecule has 0 radical (unpaired) electrons. The van der Waals surface area contributed by atoms with Crippen molar-refractivity contribution in [2.45, 2.75) is 31.8 Å². The molecule has 1 saturated carbocycles. The largest absolute Gasteiger partial charge is 0.493 e. The van der Waals surface area contributed by atoms with Crippen molar-refractivity contribution in [2.24, 2.45) is 13.0 Å². The molecule has 154 valence electrons. The summed E-state index contributed by atoms with van der Waals surface area (Å²) in [5, 5.41) is 18.1. The van der Waals surface area contributed by atoms with Crippen LogP contribution in [0.2, 0.25) is 0 Å². The number of aliphatic hydroxyl groups excluding tert-OH is 1. The number of hydrogen-bond donors (Lipinski definition) is 1. The number of hydrogen-bond acceptors (Lipinski definition) is 6. The maximum Gasteiger partial charge on any atom is 0.227 e. The second-order valence-electron chi connectivity index (χ2n) is 8.27. The SMILES string of the molecule is COc1cc(CO)cc2nc(-c3cccc([C@]4(c5nncn5C)C[C@@H](C)C4)c3)oc12. The van der Waals surface area contributed by atoms with E-state index in [9.17, 15) is 5.11 Å². The van der Waals surface area contributed by atoms with Crippen LogP contribution in [0.25, 0.3) is 22.6 Å². The van der Waals surface area contributed by atoms with Gasteiger partial charge in [-0.25, -0.2) is 4.98 Å². The highest BCUT2D eigenvalue weighted by atomic mass is 16.5. The number of benzene rings is 2. The monoisotopic (exact) mass is 404 g/mol. The lowest BCUT2D eigenvalue weighted by molar-refractivity contribution is 0.185. The average molecular weight is 404 g/mol. The summed E-state index contributed by atoms with van der Waals surface area (Å²) in [6.07, 6.45) is 3.82. The van der Waals surface area contributed by atoms with Crippen molar-refractivity contribution in [3.63, 3.8) is 0 Å². The summed E-state index contributed by atoms with van der Waals surface area (Å²) in [6, 6.07) is 11.9. The average Bonchev–Trinajstić information content (AvgIpc) is 3.36. The normalized spacial score (nSPS) is 21.0. The molecule has 2 aromatic heterocycles. The summed E-state index contributed by atoms with van der Waals surface area (Å²) >= 11 is 0. The van der Waals surface area contributed by atoms with Gasteiger partial charge in [0.25, 0.3) is 0 Å². The summed E-state index contributed by atoms with van der Waals surface area (Å²) in [7, 11) is 3.58. The molecule has 4 aromatic rings. The summed E-state index contributed by atoms with van der Waals surface area (Å²) in [5.41, 5.74) is 3.93. The standard InChI is InChI=1S/C23H24N4O3/c1-14-10-23(11-14,22-26-24-13-27(22)2)17-6-4-5-16(9-17)21-25-18-7-15(12-28)8-19(29-3)20(18)30-21/h4-9,13-14,28H,10-12H2,1-3H3/t14-,23+. The van der Waals surface area contributed by atoms with Gasteiger partial charge in [-0.1, -0.05) is 19.1 Å². The van der Waals surface area contributed by atoms with Gasteiger partial charge in [-0.2, -0.15) is 0 Å². The molecule has 5 rings (SSSR count). The third-order valence-corrected chi connectivity index (χ3v) is 6.11. The van der Waals surface area contributed by atoms with Gasteiger partial charge in [0.15, 0.2) is 11.3 Å². The number of nitrogens with zero attached hydrogens (tertiary/aromatic N) is 4. The van der Waals surface area contributed by atoms with E-state index in [1.807, 2.05) is 29.8 Å². The van der Waals surface area contributed by atoms with Crippen molar-refractivity contribution >= 4 is 11.1 Å². The quantitative estimate of drug-likeness (QED) is 0.544. The third-order valence-electron chi connectivity index (χ3n) is 6.11. The van der Waals surface area contributed by atoms with E-state index in [2.05, 4.69) is 34.2 Å². The van der Waals surface area contributed by atoms with Gasteiger partial charge in [0.1, 0.15) is 17.7 Å². The molecule has 1 aliphatic carbocycles. The van der Waals surface area contributed by atoms with Crippen LogP contribution >= 0.6 is 0 Å². The van der Waals surface area contributed by atoms with Gasteiger partial charge in [0.05, 0.1) is 19.1 Å². The maximum atomic E-state index is 9.51. The number of oxazole rings is 1. The highest BCUT2D eigenvalue weighted by molar-refractivity contribution is 5.83. The Labute approximate surface area is 174 Å². The molecule has 0 spiro atoms. The minimum absolute atomic E-state index is 0.0810. The zero-order valence-corrected chi connectivity index (χ0v) is 17.3. The van der Waals surface area contributed by atoms with E-state index in [1.54, 1.807) is 19.5 Å². The second-order valence-corrected chi connectivity index (χ2v) is 8.27. The van der Waals surface area contributed by atoms with Crippen LogP contribution < -0.4 is 4.74 Å². The third kappa shape index (κ3) is 2.81. The van der Waals surface area contributed by atoms with Gasteiger partial charge >= 0.3 is 0 Å². The number of fused-ring (bicyclic) bond motifs is 1. The smallest absolute Gasteiger partial charge is 0.227 e. The lowest BCUT2D eigenvalue weighted by Crippen LogP contribution is -2.43. The van der Waals surface area contributed by atoms with Crippen LogP contribution in [0.15, 0.2) is 47.1 Å². The van der Waals surface area contributed by atoms with Crippen molar-refractivity contribution in [1.82, 2.24) is 19.7 Å². The molecule has 1 aliphatic rings. The van der Waals surface area contributed by atoms with E-state index in [-0.39, 0.29) is 12.0 Å². The number of ether oxygens (including phenoxy) is 1. The fraction of sp³-hybridized carbons (Fsp3) is 0.348. The Kier molecular flexibility index (Phi) is 4.36. The lowest BCUT2D eigenvalue weighted by Gasteiger charge is -2.46. The zero-order chi connectivity index (χ0) is 20.9. The Bertz CT molecular complexity index is 1220. The molecule has 30 heavy (non-hydrogen) atoms. The van der Waals surface area contributed by atoms with E-state index >= 15 is 0 Å². The van der Waals surface area contributed by atoms with Gasteiger partial charge in [0, 0.05) is 12.6 Å². The molecule has 0 saturated heterocycles. The van der Waals surface area contributed by atoms with Gasteiger partial charge in [0.2, 0.25) is 5.89 Å². The molecule has 0 bridgehead atoms. The number of aromatic nitrogens is 4. The first-order chi connectivity index (χ1) is 14.5. The van der Waals surface area contributed by atoms with Crippen LogP contribution in [-0.2, 0) is 19.1 Å². The molecular weight excluding hydrogens is 380 g/mol. The van der Waals surface area contributed by atoms with Gasteiger partial charge in [-0.15, -0.1) is 10.2 Å². The molecule has 7 heteroatoms. The molecular formula is C23H24N4O3. The molecule has 0 unspecified atom stereocenters. The van der Waals surface area contributed by atoms with E-state index in [0.29, 0.717) is 28.7 Å². The minimum Gasteiger partial charge on any atom is -0.493 e. The fourth-order valence-corrected chi connectivity index (χ4v) is 4.77. The number of methoxy groups -OCH3 is 1. The number of rotatable bonds is 5. The van der Waals surface area contributed by atoms with Crippen LogP contribution in [0.1, 0.15) is 36.7 Å². The first-order valence-corrected chi connectivity index (χ1v) is 10.1. The molecule has 2 aromatic carbocycles. The first kappa shape index (κ1) is 18.8. The second kappa shape index (κ2) is 6.95. The topological polar surface area (TPSA) is 86.2 Å². The van der Waals surface area contributed by atoms with E-state index in [1.165, 1.54) is 5.56 Å². The molecule has 1 N–H and O–H groups in total. The van der Waals surface area contributed by atoms with Crippen LogP contribution in [-0.4, -0.2) is 32.0 Å². The number of aryl methyl sites for hydroxylation is 1. The van der Waals surface area contributed by atoms with E-state index in [0.717, 1.165) is 29.8 Å². The van der Waals surface area contributed by atoms with Crippen LogP contribution in [0.5, 0.6) is 5.75 Å². The Balaban J connectivity index is 1.61. The summed E-state index contributed by atoms with van der Waals surface area (Å²) in [5.74, 6) is 2.72. The van der Waals surface area contributed by atoms with Crippen molar-refractivity contribution in [3.05, 3.63) is 59.7 Å². The Morgan fingerprint density at radius 2 is 2.10 bits per heavy atom. The van der Waals surface area contributed by atoms with E-state index in [4.69, 9.17) is 9.15 Å². The van der Waals surface area contributed by atoms with Crippen LogP contribution in [0.4, 0.5) is 0 Å². The van der Waals surface area contributed by atoms with Crippen LogP contribution in [0.3, 0.4) is 0 Å². The highest BCUT2D eigenvalue weighted by Gasteiger charge is 2.48. The Morgan fingerprint density at radius 3 is 2.77 bits per heavy atom. The van der Waals surface area contributed by atoms with E-state index < -0.39 is 0 Å². The molecule has 0 amide bonds.